The first kappa shape index (κ1) is 27.8. The fraction of sp³-hybridized carbons (Fsp3) is 0.818. The molecule has 0 aromatic heterocycles. The van der Waals surface area contributed by atoms with Crippen LogP contribution >= 0.6 is 0 Å². The van der Waals surface area contributed by atoms with Crippen LogP contribution in [0.4, 0.5) is 0 Å². The summed E-state index contributed by atoms with van der Waals surface area (Å²) >= 11 is 0. The highest BCUT2D eigenvalue weighted by Crippen LogP contribution is 2.29. The van der Waals surface area contributed by atoms with Crippen LogP contribution in [0.1, 0.15) is 77.0 Å². The summed E-state index contributed by atoms with van der Waals surface area (Å²) in [5.41, 5.74) is 7.50. The van der Waals surface area contributed by atoms with E-state index in [4.69, 9.17) is 10.2 Å². The van der Waals surface area contributed by atoms with Crippen molar-refractivity contribution in [3.63, 3.8) is 0 Å². The highest BCUT2D eigenvalue weighted by atomic mass is 16.4. The average Bonchev–Trinajstić information content (AvgIpc) is 3.69. The second kappa shape index (κ2) is 14.1. The zero-order valence-corrected chi connectivity index (χ0v) is 18.7. The third-order valence-electron chi connectivity index (χ3n) is 6.21. The van der Waals surface area contributed by atoms with E-state index in [0.717, 1.165) is 12.1 Å². The minimum absolute atomic E-state index is 0.319. The highest BCUT2D eigenvalue weighted by Gasteiger charge is 2.29. The van der Waals surface area contributed by atoms with Gasteiger partial charge in [0, 0.05) is 37.6 Å². The second-order valence-electron chi connectivity index (χ2n) is 9.30. The normalized spacial score (nSPS) is 28.8. The number of rotatable bonds is 4. The Balaban J connectivity index is 0.000000238. The maximum atomic E-state index is 10.5. The van der Waals surface area contributed by atoms with Crippen LogP contribution in [0.15, 0.2) is 0 Å². The van der Waals surface area contributed by atoms with Gasteiger partial charge in [0.25, 0.3) is 0 Å². The molecule has 0 aromatic carbocycles. The van der Waals surface area contributed by atoms with Gasteiger partial charge < -0.3 is 41.5 Å². The standard InChI is InChI=1S/2C8H12O4.2C3H7N/c2*9-7(10)5-1-2-6(4-3-5)8(11)12;2*4-3-1-2-3/h2*5-6H,1-4H2,(H,9,10)(H,11,12);2*3H,1-2,4H2. The fourth-order valence-corrected chi connectivity index (χ4v) is 3.39. The number of carbonyl (C=O) groups excluding carboxylic acids is 2. The topological polar surface area (TPSA) is 210 Å². The van der Waals surface area contributed by atoms with Gasteiger partial charge in [-0.25, -0.2) is 0 Å². The summed E-state index contributed by atoms with van der Waals surface area (Å²) in [5, 5.41) is 37.9. The first-order valence-electron chi connectivity index (χ1n) is 11.5. The summed E-state index contributed by atoms with van der Waals surface area (Å²) in [6.45, 7) is 0. The molecule has 0 radical (unpaired) electrons. The molecule has 4 fully saturated rings. The van der Waals surface area contributed by atoms with E-state index in [1.54, 1.807) is 0 Å². The van der Waals surface area contributed by atoms with Crippen molar-refractivity contribution in [2.45, 2.75) is 89.1 Å². The Morgan fingerprint density at radius 2 is 0.688 bits per heavy atom. The van der Waals surface area contributed by atoms with Crippen molar-refractivity contribution in [2.24, 2.45) is 23.7 Å². The van der Waals surface area contributed by atoms with Crippen molar-refractivity contribution in [1.82, 2.24) is 0 Å². The van der Waals surface area contributed by atoms with Gasteiger partial charge >= 0.3 is 11.9 Å². The highest BCUT2D eigenvalue weighted by molar-refractivity contribution is 5.72. The van der Waals surface area contributed by atoms with Crippen LogP contribution in [0.3, 0.4) is 0 Å². The summed E-state index contributed by atoms with van der Waals surface area (Å²) in [6, 6.07) is 1.67. The molecule has 0 amide bonds. The zero-order valence-electron chi connectivity index (χ0n) is 18.7. The molecule has 0 spiro atoms. The van der Waals surface area contributed by atoms with Gasteiger partial charge in [0.1, 0.15) is 0 Å². The number of carboxylic acids is 4. The van der Waals surface area contributed by atoms with E-state index in [0.29, 0.717) is 51.4 Å². The van der Waals surface area contributed by atoms with Crippen LogP contribution in [-0.4, -0.2) is 46.2 Å². The summed E-state index contributed by atoms with van der Waals surface area (Å²) in [4.78, 5) is 41.7. The number of carboxylic acid groups (broad SMARTS) is 4. The van der Waals surface area contributed by atoms with Crippen molar-refractivity contribution in [1.29, 1.82) is 0 Å². The van der Waals surface area contributed by atoms with Crippen molar-refractivity contribution >= 4 is 23.9 Å². The van der Waals surface area contributed by atoms with E-state index in [9.17, 15) is 29.4 Å². The lowest BCUT2D eigenvalue weighted by molar-refractivity contribution is -0.385. The first-order chi connectivity index (χ1) is 15.0. The SMILES string of the molecule is O=C(O)C1CCC(C(=O)O)CC1.O=C([O-])C1CCC(C(=O)[O-])CC1.[NH3+]C1CC1.[NH3+]C1CC1. The van der Waals surface area contributed by atoms with Crippen molar-refractivity contribution in [3.8, 4) is 0 Å². The molecule has 0 heterocycles. The monoisotopic (exact) mass is 458 g/mol. The maximum absolute atomic E-state index is 10.5. The van der Waals surface area contributed by atoms with Gasteiger partial charge in [-0.3, -0.25) is 9.59 Å². The molecule has 0 saturated heterocycles. The van der Waals surface area contributed by atoms with E-state index in [1.807, 2.05) is 0 Å². The molecule has 32 heavy (non-hydrogen) atoms. The predicted molar refractivity (Wildman–Crippen MR) is 108 cm³/mol. The van der Waals surface area contributed by atoms with Crippen LogP contribution in [0, 0.1) is 23.7 Å². The van der Waals surface area contributed by atoms with Gasteiger partial charge in [-0.05, 0) is 63.2 Å². The Labute approximate surface area is 188 Å². The Morgan fingerprint density at radius 1 is 0.500 bits per heavy atom. The molecule has 0 unspecified atom stereocenters. The van der Waals surface area contributed by atoms with Crippen LogP contribution in [0.5, 0.6) is 0 Å². The molecule has 0 aromatic rings. The van der Waals surface area contributed by atoms with Gasteiger partial charge in [0.2, 0.25) is 0 Å². The molecule has 0 atom stereocenters. The predicted octanol–water partition coefficient (Wildman–Crippen LogP) is -1.96. The van der Waals surface area contributed by atoms with Gasteiger partial charge in [-0.15, -0.1) is 0 Å². The zero-order chi connectivity index (χ0) is 24.3. The molecule has 4 aliphatic carbocycles. The Hall–Kier alpha value is -2.20. The van der Waals surface area contributed by atoms with Gasteiger partial charge in [-0.2, -0.15) is 0 Å². The van der Waals surface area contributed by atoms with Crippen molar-refractivity contribution in [2.75, 3.05) is 0 Å². The van der Waals surface area contributed by atoms with Crippen LogP contribution in [0.25, 0.3) is 0 Å². The number of hydrogen-bond donors (Lipinski definition) is 4. The van der Waals surface area contributed by atoms with E-state index >= 15 is 0 Å². The Kier molecular flexibility index (Phi) is 12.2. The lowest BCUT2D eigenvalue weighted by atomic mass is 9.82. The third-order valence-corrected chi connectivity index (χ3v) is 6.21. The van der Waals surface area contributed by atoms with E-state index in [1.165, 1.54) is 25.7 Å². The van der Waals surface area contributed by atoms with Crippen molar-refractivity contribution in [3.05, 3.63) is 0 Å². The molecule has 4 rings (SSSR count). The molecule has 184 valence electrons. The fourth-order valence-electron chi connectivity index (χ4n) is 3.39. The number of hydrogen-bond acceptors (Lipinski definition) is 6. The molecule has 0 aliphatic heterocycles. The minimum atomic E-state index is -1.06. The van der Waals surface area contributed by atoms with Crippen LogP contribution < -0.4 is 21.7 Å². The molecular weight excluding hydrogens is 420 g/mol. The smallest absolute Gasteiger partial charge is 0.306 e. The number of aliphatic carboxylic acids is 4. The van der Waals surface area contributed by atoms with E-state index < -0.39 is 35.7 Å². The number of carbonyl (C=O) groups is 4. The molecule has 0 bridgehead atoms. The van der Waals surface area contributed by atoms with Crippen molar-refractivity contribution < 1.29 is 51.1 Å². The minimum Gasteiger partial charge on any atom is -0.550 e. The molecule has 10 heteroatoms. The summed E-state index contributed by atoms with van der Waals surface area (Å²) < 4.78 is 0. The Morgan fingerprint density at radius 3 is 0.812 bits per heavy atom. The number of quaternary nitrogens is 2. The second-order valence-corrected chi connectivity index (χ2v) is 9.30. The molecule has 4 aliphatic rings. The summed E-state index contributed by atoms with van der Waals surface area (Å²) in [5.74, 6) is -5.27. The lowest BCUT2D eigenvalue weighted by Gasteiger charge is -2.29. The average molecular weight is 459 g/mol. The molecule has 4 saturated carbocycles. The van der Waals surface area contributed by atoms with Crippen LogP contribution in [-0.2, 0) is 19.2 Å². The Bertz CT molecular complexity index is 519. The maximum Gasteiger partial charge on any atom is 0.306 e. The van der Waals surface area contributed by atoms with Gasteiger partial charge in [0.15, 0.2) is 0 Å². The van der Waals surface area contributed by atoms with E-state index in [-0.39, 0.29) is 11.8 Å². The lowest BCUT2D eigenvalue weighted by Crippen LogP contribution is -2.52. The molecule has 10 nitrogen and oxygen atoms in total. The third kappa shape index (κ3) is 12.6. The molecular formula is C22H38N2O8. The first-order valence-corrected chi connectivity index (χ1v) is 11.5. The quantitative estimate of drug-likeness (QED) is 0.370. The molecule has 8 N–H and O–H groups in total. The summed E-state index contributed by atoms with van der Waals surface area (Å²) in [7, 11) is 0. The summed E-state index contributed by atoms with van der Waals surface area (Å²) in [6.07, 6.45) is 9.14. The van der Waals surface area contributed by atoms with Gasteiger partial charge in [0.05, 0.1) is 23.9 Å². The largest absolute Gasteiger partial charge is 0.550 e. The van der Waals surface area contributed by atoms with Gasteiger partial charge in [-0.1, -0.05) is 0 Å². The van der Waals surface area contributed by atoms with E-state index in [2.05, 4.69) is 11.5 Å². The van der Waals surface area contributed by atoms with Crippen LogP contribution in [0.2, 0.25) is 0 Å².